The smallest absolute Gasteiger partial charge is 0.331 e. The number of carboxylic acids is 1. The number of fused-ring (bicyclic) bond motifs is 1. The summed E-state index contributed by atoms with van der Waals surface area (Å²) in [6, 6.07) is 8.31. The molecular weight excluding hydrogens is 254 g/mol. The standard InChI is InChI=1S/C16H19NO3/c1-10(11(2)16(19)20)15(18)17-14-8-7-12-5-3-4-6-13(12)9-14/h3-6,14H,7-9H2,1-2H3,(H,17,18)(H,19,20). The molecule has 1 aromatic carbocycles. The second-order valence-corrected chi connectivity index (χ2v) is 5.24. The van der Waals surface area contributed by atoms with E-state index >= 15 is 0 Å². The lowest BCUT2D eigenvalue weighted by Crippen LogP contribution is -2.39. The number of rotatable bonds is 3. The Bertz CT molecular complexity index is 575. The van der Waals surface area contributed by atoms with Crippen molar-refractivity contribution in [1.29, 1.82) is 0 Å². The van der Waals surface area contributed by atoms with Gasteiger partial charge in [-0.2, -0.15) is 0 Å². The number of amides is 1. The van der Waals surface area contributed by atoms with Crippen LogP contribution in [0, 0.1) is 0 Å². The number of aryl methyl sites for hydroxylation is 1. The molecule has 1 amide bonds. The van der Waals surface area contributed by atoms with Gasteiger partial charge < -0.3 is 10.4 Å². The molecule has 0 spiro atoms. The molecule has 2 rings (SSSR count). The van der Waals surface area contributed by atoms with Crippen molar-refractivity contribution in [2.75, 3.05) is 0 Å². The van der Waals surface area contributed by atoms with Crippen LogP contribution >= 0.6 is 0 Å². The maximum absolute atomic E-state index is 12.0. The van der Waals surface area contributed by atoms with Crippen LogP contribution in [-0.2, 0) is 22.4 Å². The summed E-state index contributed by atoms with van der Waals surface area (Å²) in [6.07, 6.45) is 2.64. The van der Waals surface area contributed by atoms with Gasteiger partial charge in [-0.15, -0.1) is 0 Å². The summed E-state index contributed by atoms with van der Waals surface area (Å²) >= 11 is 0. The summed E-state index contributed by atoms with van der Waals surface area (Å²) in [6.45, 7) is 3.00. The highest BCUT2D eigenvalue weighted by molar-refractivity contribution is 6.01. The van der Waals surface area contributed by atoms with Crippen LogP contribution in [0.1, 0.15) is 31.4 Å². The van der Waals surface area contributed by atoms with Crippen LogP contribution in [0.15, 0.2) is 35.4 Å². The minimum absolute atomic E-state index is 0.0777. The summed E-state index contributed by atoms with van der Waals surface area (Å²) in [5.74, 6) is -1.33. The largest absolute Gasteiger partial charge is 0.478 e. The predicted octanol–water partition coefficient (Wildman–Crippen LogP) is 2.08. The Kier molecular flexibility index (Phi) is 4.23. The molecule has 0 fully saturated rings. The van der Waals surface area contributed by atoms with Gasteiger partial charge in [0.1, 0.15) is 0 Å². The van der Waals surface area contributed by atoms with E-state index in [0.717, 1.165) is 19.3 Å². The van der Waals surface area contributed by atoms with Gasteiger partial charge in [0, 0.05) is 17.2 Å². The number of hydrogen-bond acceptors (Lipinski definition) is 2. The fourth-order valence-corrected chi connectivity index (χ4v) is 2.45. The van der Waals surface area contributed by atoms with E-state index in [2.05, 4.69) is 17.4 Å². The lowest BCUT2D eigenvalue weighted by atomic mass is 9.88. The summed E-state index contributed by atoms with van der Waals surface area (Å²) < 4.78 is 0. The third-order valence-corrected chi connectivity index (χ3v) is 3.91. The Morgan fingerprint density at radius 2 is 1.80 bits per heavy atom. The van der Waals surface area contributed by atoms with Crippen LogP contribution in [-0.4, -0.2) is 23.0 Å². The van der Waals surface area contributed by atoms with Crippen molar-refractivity contribution in [2.24, 2.45) is 0 Å². The Labute approximate surface area is 118 Å². The minimum Gasteiger partial charge on any atom is -0.478 e. The zero-order chi connectivity index (χ0) is 14.7. The molecule has 0 saturated carbocycles. The maximum atomic E-state index is 12.0. The predicted molar refractivity (Wildman–Crippen MR) is 76.4 cm³/mol. The van der Waals surface area contributed by atoms with Crippen LogP contribution in [0.5, 0.6) is 0 Å². The zero-order valence-corrected chi connectivity index (χ0v) is 11.8. The lowest BCUT2D eigenvalue weighted by Gasteiger charge is -2.25. The third kappa shape index (κ3) is 3.07. The molecular formula is C16H19NO3. The number of aliphatic carboxylic acids is 1. The normalized spacial score (nSPS) is 18.8. The Morgan fingerprint density at radius 1 is 1.15 bits per heavy atom. The highest BCUT2D eigenvalue weighted by atomic mass is 16.4. The fraction of sp³-hybridized carbons (Fsp3) is 0.375. The molecule has 0 radical (unpaired) electrons. The van der Waals surface area contributed by atoms with E-state index in [1.54, 1.807) is 6.92 Å². The van der Waals surface area contributed by atoms with Gasteiger partial charge in [0.2, 0.25) is 5.91 Å². The van der Waals surface area contributed by atoms with E-state index < -0.39 is 5.97 Å². The van der Waals surface area contributed by atoms with Gasteiger partial charge in [0.15, 0.2) is 0 Å². The number of benzene rings is 1. The van der Waals surface area contributed by atoms with Crippen molar-refractivity contribution >= 4 is 11.9 Å². The van der Waals surface area contributed by atoms with E-state index in [1.165, 1.54) is 18.1 Å². The highest BCUT2D eigenvalue weighted by Crippen LogP contribution is 2.21. The van der Waals surface area contributed by atoms with Gasteiger partial charge in [-0.3, -0.25) is 4.79 Å². The molecule has 106 valence electrons. The summed E-state index contributed by atoms with van der Waals surface area (Å²) in [4.78, 5) is 22.9. The molecule has 0 aliphatic heterocycles. The average Bonchev–Trinajstić information content (AvgIpc) is 2.45. The Balaban J connectivity index is 2.04. The molecule has 1 atom stereocenters. The van der Waals surface area contributed by atoms with Crippen LogP contribution in [0.2, 0.25) is 0 Å². The first-order chi connectivity index (χ1) is 9.49. The van der Waals surface area contributed by atoms with Crippen LogP contribution in [0.3, 0.4) is 0 Å². The minimum atomic E-state index is -1.05. The van der Waals surface area contributed by atoms with Crippen molar-refractivity contribution in [3.8, 4) is 0 Å². The average molecular weight is 273 g/mol. The van der Waals surface area contributed by atoms with E-state index in [1.807, 2.05) is 12.1 Å². The van der Waals surface area contributed by atoms with Crippen molar-refractivity contribution in [2.45, 2.75) is 39.2 Å². The molecule has 0 saturated heterocycles. The zero-order valence-electron chi connectivity index (χ0n) is 11.8. The fourth-order valence-electron chi connectivity index (χ4n) is 2.45. The van der Waals surface area contributed by atoms with Gasteiger partial charge in [-0.25, -0.2) is 4.79 Å². The second-order valence-electron chi connectivity index (χ2n) is 5.24. The first-order valence-electron chi connectivity index (χ1n) is 6.77. The van der Waals surface area contributed by atoms with Gasteiger partial charge in [0.05, 0.1) is 0 Å². The van der Waals surface area contributed by atoms with Crippen LogP contribution < -0.4 is 5.32 Å². The van der Waals surface area contributed by atoms with Crippen molar-refractivity contribution in [3.63, 3.8) is 0 Å². The molecule has 20 heavy (non-hydrogen) atoms. The van der Waals surface area contributed by atoms with Crippen LogP contribution in [0.4, 0.5) is 0 Å². The number of carboxylic acid groups (broad SMARTS) is 1. The van der Waals surface area contributed by atoms with Crippen molar-refractivity contribution in [1.82, 2.24) is 5.32 Å². The highest BCUT2D eigenvalue weighted by Gasteiger charge is 2.21. The maximum Gasteiger partial charge on any atom is 0.331 e. The van der Waals surface area contributed by atoms with Crippen molar-refractivity contribution < 1.29 is 14.7 Å². The summed E-state index contributed by atoms with van der Waals surface area (Å²) in [5, 5.41) is 11.8. The van der Waals surface area contributed by atoms with Gasteiger partial charge in [-0.05, 0) is 44.2 Å². The number of carbonyl (C=O) groups excluding carboxylic acids is 1. The van der Waals surface area contributed by atoms with Gasteiger partial charge in [-0.1, -0.05) is 24.3 Å². The number of hydrogen-bond donors (Lipinski definition) is 2. The van der Waals surface area contributed by atoms with E-state index in [4.69, 9.17) is 5.11 Å². The summed E-state index contributed by atoms with van der Waals surface area (Å²) in [5.41, 5.74) is 2.97. The topological polar surface area (TPSA) is 66.4 Å². The van der Waals surface area contributed by atoms with E-state index in [-0.39, 0.29) is 23.1 Å². The monoisotopic (exact) mass is 273 g/mol. The van der Waals surface area contributed by atoms with Gasteiger partial charge >= 0.3 is 5.97 Å². The summed E-state index contributed by atoms with van der Waals surface area (Å²) in [7, 11) is 0. The third-order valence-electron chi connectivity index (χ3n) is 3.91. The second kappa shape index (κ2) is 5.90. The van der Waals surface area contributed by atoms with Gasteiger partial charge in [0.25, 0.3) is 0 Å². The molecule has 0 heterocycles. The molecule has 4 nitrogen and oxygen atoms in total. The first-order valence-corrected chi connectivity index (χ1v) is 6.77. The van der Waals surface area contributed by atoms with Crippen LogP contribution in [0.25, 0.3) is 0 Å². The molecule has 1 aliphatic rings. The van der Waals surface area contributed by atoms with E-state index in [0.29, 0.717) is 0 Å². The Hall–Kier alpha value is -2.10. The molecule has 4 heteroatoms. The van der Waals surface area contributed by atoms with Crippen molar-refractivity contribution in [3.05, 3.63) is 46.5 Å². The quantitative estimate of drug-likeness (QED) is 0.829. The molecule has 1 aromatic rings. The molecule has 1 unspecified atom stereocenters. The first kappa shape index (κ1) is 14.3. The van der Waals surface area contributed by atoms with E-state index in [9.17, 15) is 9.59 Å². The number of nitrogens with one attached hydrogen (secondary N) is 1. The molecule has 0 bridgehead atoms. The lowest BCUT2D eigenvalue weighted by molar-refractivity contribution is -0.133. The SMILES string of the molecule is CC(C(=O)O)=C(C)C(=O)NC1CCc2ccccc2C1. The number of carbonyl (C=O) groups is 2. The molecule has 1 aliphatic carbocycles. The molecule has 0 aromatic heterocycles. The molecule has 2 N–H and O–H groups in total. The Morgan fingerprint density at radius 3 is 2.45 bits per heavy atom.